The van der Waals surface area contributed by atoms with Gasteiger partial charge in [0, 0.05) is 0 Å². The number of rotatable bonds is 11. The SMILES string of the molecule is Cc1ccc(C)c(CCCCC2(C(=O)O)CC2)c1CCCCC1(C)CC1. The maximum absolute atomic E-state index is 11.3. The normalized spacial score (nSPS) is 19.3. The molecule has 0 saturated heterocycles. The van der Waals surface area contributed by atoms with Gasteiger partial charge in [0.1, 0.15) is 0 Å². The van der Waals surface area contributed by atoms with E-state index in [1.807, 2.05) is 0 Å². The van der Waals surface area contributed by atoms with E-state index in [0.29, 0.717) is 5.41 Å². The third kappa shape index (κ3) is 4.69. The Morgan fingerprint density at radius 3 is 1.81 bits per heavy atom. The molecule has 26 heavy (non-hydrogen) atoms. The Hall–Kier alpha value is -1.31. The monoisotopic (exact) mass is 356 g/mol. The molecule has 0 bridgehead atoms. The van der Waals surface area contributed by atoms with E-state index in [4.69, 9.17) is 0 Å². The van der Waals surface area contributed by atoms with Gasteiger partial charge in [0.25, 0.3) is 0 Å². The summed E-state index contributed by atoms with van der Waals surface area (Å²) in [5, 5.41) is 9.33. The molecule has 0 amide bonds. The number of unbranched alkanes of at least 4 members (excludes halogenated alkanes) is 2. The molecule has 0 radical (unpaired) electrons. The fourth-order valence-electron chi connectivity index (χ4n) is 4.43. The molecule has 0 spiro atoms. The Morgan fingerprint density at radius 1 is 0.885 bits per heavy atom. The zero-order valence-electron chi connectivity index (χ0n) is 17.0. The number of carboxylic acids is 1. The van der Waals surface area contributed by atoms with Crippen LogP contribution in [0.2, 0.25) is 0 Å². The maximum atomic E-state index is 11.3. The summed E-state index contributed by atoms with van der Waals surface area (Å²) in [7, 11) is 0. The van der Waals surface area contributed by atoms with Gasteiger partial charge in [-0.05, 0) is 106 Å². The molecular formula is C24H36O2. The molecule has 2 fully saturated rings. The first kappa shape index (κ1) is 19.5. The van der Waals surface area contributed by atoms with E-state index in [1.54, 1.807) is 11.1 Å². The van der Waals surface area contributed by atoms with Crippen molar-refractivity contribution in [1.29, 1.82) is 0 Å². The largest absolute Gasteiger partial charge is 0.481 e. The van der Waals surface area contributed by atoms with Crippen LogP contribution in [-0.4, -0.2) is 11.1 Å². The standard InChI is InChI=1S/C24H36O2/c1-18-10-11-19(2)21(9-5-7-13-24(16-17-24)22(25)26)20(18)8-4-6-12-23(3)14-15-23/h10-11H,4-9,12-17H2,1-3H3,(H,25,26). The molecule has 3 rings (SSSR count). The van der Waals surface area contributed by atoms with Crippen molar-refractivity contribution in [1.82, 2.24) is 0 Å². The minimum atomic E-state index is -0.575. The first-order valence-corrected chi connectivity index (χ1v) is 10.7. The van der Waals surface area contributed by atoms with Gasteiger partial charge in [-0.3, -0.25) is 4.79 Å². The van der Waals surface area contributed by atoms with Gasteiger partial charge in [-0.2, -0.15) is 0 Å². The predicted molar refractivity (Wildman–Crippen MR) is 108 cm³/mol. The van der Waals surface area contributed by atoms with Crippen molar-refractivity contribution in [2.45, 2.75) is 97.8 Å². The van der Waals surface area contributed by atoms with Crippen molar-refractivity contribution in [3.63, 3.8) is 0 Å². The Bertz CT molecular complexity index is 650. The van der Waals surface area contributed by atoms with Gasteiger partial charge in [0.15, 0.2) is 0 Å². The second-order valence-electron chi connectivity index (χ2n) is 9.47. The lowest BCUT2D eigenvalue weighted by Gasteiger charge is -2.17. The summed E-state index contributed by atoms with van der Waals surface area (Å²) in [6, 6.07) is 4.54. The Morgan fingerprint density at radius 2 is 1.38 bits per heavy atom. The number of aliphatic carboxylic acids is 1. The molecule has 1 aromatic carbocycles. The average molecular weight is 357 g/mol. The Balaban J connectivity index is 1.51. The van der Waals surface area contributed by atoms with Crippen LogP contribution >= 0.6 is 0 Å². The number of hydrogen-bond acceptors (Lipinski definition) is 1. The van der Waals surface area contributed by atoms with E-state index < -0.39 is 5.97 Å². The lowest BCUT2D eigenvalue weighted by Crippen LogP contribution is -2.14. The first-order valence-electron chi connectivity index (χ1n) is 10.7. The molecule has 0 aromatic heterocycles. The van der Waals surface area contributed by atoms with Crippen molar-refractivity contribution >= 4 is 5.97 Å². The van der Waals surface area contributed by atoms with Crippen LogP contribution in [0.4, 0.5) is 0 Å². The molecule has 0 unspecified atom stereocenters. The molecular weight excluding hydrogens is 320 g/mol. The third-order valence-corrected chi connectivity index (χ3v) is 7.10. The van der Waals surface area contributed by atoms with Gasteiger partial charge < -0.3 is 5.11 Å². The lowest BCUT2D eigenvalue weighted by atomic mass is 9.88. The highest BCUT2D eigenvalue weighted by Crippen LogP contribution is 2.50. The van der Waals surface area contributed by atoms with E-state index in [-0.39, 0.29) is 5.41 Å². The highest BCUT2D eigenvalue weighted by atomic mass is 16.4. The second-order valence-corrected chi connectivity index (χ2v) is 9.47. The third-order valence-electron chi connectivity index (χ3n) is 7.10. The van der Waals surface area contributed by atoms with Crippen LogP contribution in [0.5, 0.6) is 0 Å². The first-order chi connectivity index (χ1) is 12.4. The number of carbonyl (C=O) groups is 1. The van der Waals surface area contributed by atoms with Crippen molar-refractivity contribution in [2.24, 2.45) is 10.8 Å². The lowest BCUT2D eigenvalue weighted by molar-refractivity contribution is -0.143. The van der Waals surface area contributed by atoms with Gasteiger partial charge in [0.2, 0.25) is 0 Å². The van der Waals surface area contributed by atoms with E-state index >= 15 is 0 Å². The molecule has 2 aliphatic carbocycles. The molecule has 2 heteroatoms. The fraction of sp³-hybridized carbons (Fsp3) is 0.708. The number of benzene rings is 1. The quantitative estimate of drug-likeness (QED) is 0.466. The zero-order valence-corrected chi connectivity index (χ0v) is 17.0. The molecule has 0 atom stereocenters. The van der Waals surface area contributed by atoms with Crippen molar-refractivity contribution in [2.75, 3.05) is 0 Å². The van der Waals surface area contributed by atoms with Crippen LogP contribution in [0.3, 0.4) is 0 Å². The molecule has 2 nitrogen and oxygen atoms in total. The van der Waals surface area contributed by atoms with Crippen LogP contribution in [0.15, 0.2) is 12.1 Å². The molecule has 2 saturated carbocycles. The Kier molecular flexibility index (Phi) is 5.79. The molecule has 0 heterocycles. The number of carboxylic acid groups (broad SMARTS) is 1. The van der Waals surface area contributed by atoms with E-state index in [9.17, 15) is 9.90 Å². The number of aryl methyl sites for hydroxylation is 2. The van der Waals surface area contributed by atoms with E-state index in [2.05, 4.69) is 32.9 Å². The summed E-state index contributed by atoms with van der Waals surface area (Å²) in [5.41, 5.74) is 6.29. The minimum absolute atomic E-state index is 0.358. The topological polar surface area (TPSA) is 37.3 Å². The Labute approximate surface area is 159 Å². The predicted octanol–water partition coefficient (Wildman–Crippen LogP) is 6.39. The highest BCUT2D eigenvalue weighted by Gasteiger charge is 2.49. The second kappa shape index (κ2) is 7.74. The van der Waals surface area contributed by atoms with Crippen molar-refractivity contribution < 1.29 is 9.90 Å². The molecule has 1 N–H and O–H groups in total. The van der Waals surface area contributed by atoms with Crippen LogP contribution in [0.25, 0.3) is 0 Å². The van der Waals surface area contributed by atoms with E-state index in [0.717, 1.165) is 38.5 Å². The van der Waals surface area contributed by atoms with Gasteiger partial charge >= 0.3 is 5.97 Å². The summed E-state index contributed by atoms with van der Waals surface area (Å²) in [5.74, 6) is -0.575. The molecule has 1 aromatic rings. The van der Waals surface area contributed by atoms with E-state index in [1.165, 1.54) is 49.7 Å². The van der Waals surface area contributed by atoms with Gasteiger partial charge in [0.05, 0.1) is 5.41 Å². The van der Waals surface area contributed by atoms with Crippen molar-refractivity contribution in [3.05, 3.63) is 34.4 Å². The van der Waals surface area contributed by atoms with Crippen molar-refractivity contribution in [3.8, 4) is 0 Å². The summed E-state index contributed by atoms with van der Waals surface area (Å²) in [4.78, 5) is 11.3. The smallest absolute Gasteiger partial charge is 0.309 e. The molecule has 144 valence electrons. The summed E-state index contributed by atoms with van der Waals surface area (Å²) < 4.78 is 0. The fourth-order valence-corrected chi connectivity index (χ4v) is 4.43. The highest BCUT2D eigenvalue weighted by molar-refractivity contribution is 5.77. The minimum Gasteiger partial charge on any atom is -0.481 e. The maximum Gasteiger partial charge on any atom is 0.309 e. The summed E-state index contributed by atoms with van der Waals surface area (Å²) >= 11 is 0. The van der Waals surface area contributed by atoms with Gasteiger partial charge in [-0.15, -0.1) is 0 Å². The summed E-state index contributed by atoms with van der Waals surface area (Å²) in [6.45, 7) is 6.92. The average Bonchev–Trinajstić information content (AvgIpc) is 3.51. The van der Waals surface area contributed by atoms with Gasteiger partial charge in [-0.1, -0.05) is 31.9 Å². The molecule has 0 aliphatic heterocycles. The molecule has 2 aliphatic rings. The van der Waals surface area contributed by atoms with Crippen LogP contribution in [-0.2, 0) is 17.6 Å². The zero-order chi connectivity index (χ0) is 18.8. The van der Waals surface area contributed by atoms with Crippen LogP contribution in [0.1, 0.15) is 93.4 Å². The number of hydrogen-bond donors (Lipinski definition) is 1. The van der Waals surface area contributed by atoms with Crippen LogP contribution < -0.4 is 0 Å². The summed E-state index contributed by atoms with van der Waals surface area (Å²) in [6.07, 6.45) is 14.0. The van der Waals surface area contributed by atoms with Gasteiger partial charge in [-0.25, -0.2) is 0 Å². The van der Waals surface area contributed by atoms with Crippen LogP contribution in [0, 0.1) is 24.7 Å².